The van der Waals surface area contributed by atoms with E-state index in [2.05, 4.69) is 215 Å². The van der Waals surface area contributed by atoms with Crippen molar-refractivity contribution in [2.75, 3.05) is 0 Å². The predicted octanol–water partition coefficient (Wildman–Crippen LogP) is 15.5. The Balaban J connectivity index is 0.000000131. The van der Waals surface area contributed by atoms with E-state index in [0.717, 1.165) is 46.7 Å². The van der Waals surface area contributed by atoms with Gasteiger partial charge in [-0.1, -0.05) is 90.7 Å². The highest BCUT2D eigenvalue weighted by Gasteiger charge is 2.47. The summed E-state index contributed by atoms with van der Waals surface area (Å²) in [6.45, 7) is 23.1. The first-order valence-electron chi connectivity index (χ1n) is 30.0. The van der Waals surface area contributed by atoms with E-state index in [0.29, 0.717) is 5.56 Å². The van der Waals surface area contributed by atoms with Crippen molar-refractivity contribution < 1.29 is 19.2 Å². The first kappa shape index (κ1) is 47.7. The molecule has 3 aromatic carbocycles. The van der Waals surface area contributed by atoms with Crippen LogP contribution >= 0.6 is 0 Å². The molecule has 4 aliphatic carbocycles. The van der Waals surface area contributed by atoms with Gasteiger partial charge in [-0.3, -0.25) is 15.0 Å². The van der Waals surface area contributed by atoms with Crippen molar-refractivity contribution in [1.82, 2.24) is 15.0 Å². The second kappa shape index (κ2) is 19.5. The Morgan fingerprint density at radius 2 is 0.885 bits per heavy atom. The molecule has 1 saturated carbocycles. The summed E-state index contributed by atoms with van der Waals surface area (Å²) in [7, 11) is 6.20. The highest BCUT2D eigenvalue weighted by molar-refractivity contribution is 5.86. The molecule has 0 bridgehead atoms. The molecule has 1 fully saturated rings. The molecule has 78 heavy (non-hydrogen) atoms. The molecule has 394 valence electrons. The lowest BCUT2D eigenvalue weighted by Crippen LogP contribution is -2.31. The number of aromatic nitrogens is 6. The fourth-order valence-corrected chi connectivity index (χ4v) is 13.4. The van der Waals surface area contributed by atoms with E-state index >= 15 is 0 Å². The smallest absolute Gasteiger partial charge is 0.212 e. The third-order valence-electron chi connectivity index (χ3n) is 17.8. The molecule has 9 aromatic rings. The molecule has 0 N–H and O–H groups in total. The van der Waals surface area contributed by atoms with Crippen molar-refractivity contribution in [2.45, 2.75) is 138 Å². The maximum atomic E-state index is 8.58. The largest absolute Gasteiger partial charge is 0.257 e. The third-order valence-corrected chi connectivity index (χ3v) is 17.8. The van der Waals surface area contributed by atoms with E-state index in [1.807, 2.05) is 23.9 Å². The van der Waals surface area contributed by atoms with Crippen molar-refractivity contribution in [3.8, 4) is 67.2 Å². The van der Waals surface area contributed by atoms with Gasteiger partial charge in [0.2, 0.25) is 17.1 Å². The Hall–Kier alpha value is -7.44. The van der Waals surface area contributed by atoms with Crippen LogP contribution in [-0.2, 0) is 37.4 Å². The van der Waals surface area contributed by atoms with E-state index in [9.17, 15) is 0 Å². The summed E-state index contributed by atoms with van der Waals surface area (Å²) in [6, 6.07) is 41.5. The Morgan fingerprint density at radius 3 is 1.40 bits per heavy atom. The van der Waals surface area contributed by atoms with Crippen LogP contribution in [0.5, 0.6) is 0 Å². The zero-order chi connectivity index (χ0) is 58.7. The lowest BCUT2D eigenvalue weighted by Gasteiger charge is -2.26. The van der Waals surface area contributed by atoms with E-state index in [4.69, 9.17) is 20.4 Å². The topological polar surface area (TPSA) is 50.3 Å². The molecule has 6 heterocycles. The molecule has 13 rings (SSSR count). The molecule has 0 saturated heterocycles. The minimum atomic E-state index is -2.41. The van der Waals surface area contributed by atoms with E-state index < -0.39 is 12.7 Å². The Labute approximate surface area is 470 Å². The van der Waals surface area contributed by atoms with Crippen LogP contribution in [0.4, 0.5) is 0 Å². The minimum absolute atomic E-state index is 0.0298. The van der Waals surface area contributed by atoms with Crippen molar-refractivity contribution in [3.63, 3.8) is 0 Å². The van der Waals surface area contributed by atoms with Gasteiger partial charge in [-0.05, 0) is 171 Å². The molecule has 1 spiro atoms. The molecule has 1 atom stereocenters. The molecular weight excluding hydrogens is 949 g/mol. The third kappa shape index (κ3) is 8.71. The normalized spacial score (nSPS) is 16.8. The van der Waals surface area contributed by atoms with Gasteiger partial charge in [-0.25, -0.2) is 13.7 Å². The van der Waals surface area contributed by atoms with E-state index in [1.165, 1.54) is 126 Å². The summed E-state index contributed by atoms with van der Waals surface area (Å²) >= 11 is 0. The van der Waals surface area contributed by atoms with Gasteiger partial charge in [-0.2, -0.15) is 0 Å². The first-order valence-corrected chi connectivity index (χ1v) is 28.0. The minimum Gasteiger partial charge on any atom is -0.257 e. The van der Waals surface area contributed by atoms with Gasteiger partial charge in [0.25, 0.3) is 0 Å². The molecule has 0 amide bonds. The van der Waals surface area contributed by atoms with Crippen molar-refractivity contribution >= 4 is 0 Å². The summed E-state index contributed by atoms with van der Waals surface area (Å²) in [5, 5.41) is 0. The Bertz CT molecular complexity index is 4080. The Morgan fingerprint density at radius 1 is 0.449 bits per heavy atom. The van der Waals surface area contributed by atoms with Gasteiger partial charge in [0.1, 0.15) is 21.1 Å². The van der Waals surface area contributed by atoms with E-state index in [-0.39, 0.29) is 16.2 Å². The standard InChI is InChI=1S/C27H31N2.C23H25N2.C22H23N2/c1-17(2)20-10-13-29(5)25(15-20)22-16-24-23(14-18(22)3)21-9-8-19(4)28-26(21)27(24)11-6-7-12-27;1-14-9-10-25(6)21(11-14)18-13-20-19(12-15(18)2)17-8-7-16(3)24-22(17)23(20,4)5;1-14-12-18-16-10-9-15(2)23-21(16)22(3,4)19(18)13-17(14)20-8-6-7-11-24(20)5/h8-10,13-17H,6-7,11-12H2,1-5H3;7-13H,1-6H3;6-13H,1-5H3/q3*+1/i1D3,17D;;. The monoisotopic (exact) mass is 1030 g/mol. The van der Waals surface area contributed by atoms with Crippen molar-refractivity contribution in [1.29, 1.82) is 0 Å². The maximum absolute atomic E-state index is 8.58. The average Bonchev–Trinajstić information content (AvgIpc) is 3.85. The van der Waals surface area contributed by atoms with Crippen LogP contribution in [0.3, 0.4) is 0 Å². The van der Waals surface area contributed by atoms with Crippen LogP contribution < -0.4 is 13.7 Å². The van der Waals surface area contributed by atoms with Gasteiger partial charge >= 0.3 is 0 Å². The summed E-state index contributed by atoms with van der Waals surface area (Å²) in [5.74, 6) is -1.68. The van der Waals surface area contributed by atoms with Crippen LogP contribution in [0.25, 0.3) is 67.2 Å². The quantitative estimate of drug-likeness (QED) is 0.165. The molecule has 0 aliphatic heterocycles. The second-order valence-corrected chi connectivity index (χ2v) is 24.2. The summed E-state index contributed by atoms with van der Waals surface area (Å²) in [5.41, 5.74) is 31.3. The van der Waals surface area contributed by atoms with Gasteiger partial charge in [-0.15, -0.1) is 0 Å². The highest BCUT2D eigenvalue weighted by atomic mass is 14.9. The summed E-state index contributed by atoms with van der Waals surface area (Å²) < 4.78 is 38.6. The van der Waals surface area contributed by atoms with Gasteiger partial charge in [0.15, 0.2) is 18.6 Å². The number of hydrogen-bond acceptors (Lipinski definition) is 3. The van der Waals surface area contributed by atoms with Crippen LogP contribution in [0.15, 0.2) is 134 Å². The number of benzene rings is 3. The number of pyridine rings is 6. The zero-order valence-electron chi connectivity index (χ0n) is 52.7. The zero-order valence-corrected chi connectivity index (χ0v) is 48.7. The molecule has 4 aliphatic rings. The number of nitrogens with zero attached hydrogens (tertiary/aromatic N) is 6. The van der Waals surface area contributed by atoms with Crippen molar-refractivity contribution in [2.24, 2.45) is 21.1 Å². The van der Waals surface area contributed by atoms with Crippen LogP contribution in [0.2, 0.25) is 0 Å². The fourth-order valence-electron chi connectivity index (χ4n) is 13.4. The predicted molar refractivity (Wildman–Crippen MR) is 320 cm³/mol. The molecule has 0 radical (unpaired) electrons. The van der Waals surface area contributed by atoms with Gasteiger partial charge in [0, 0.05) is 109 Å². The first-order chi connectivity index (χ1) is 38.6. The SMILES string of the molecule is Cc1cc[n+](C)c(-c2cc3c(cc2C)-c2ccc(C)nc2C3(C)C)c1.Cc1ccc2c(n1)C(C)(C)c1cc(-c3cccc[n+]3C)c(C)cc1-2.[2H]C([2H])([2H])C([2H])(C)c1cc[n+](C)c(-c2cc3c(cc2C)-c2ccc(C)nc2C32CCCC2)c1. The van der Waals surface area contributed by atoms with E-state index in [1.54, 1.807) is 6.07 Å². The lowest BCUT2D eigenvalue weighted by molar-refractivity contribution is -0.660. The Kier molecular flexibility index (Phi) is 11.9. The highest BCUT2D eigenvalue weighted by Crippen LogP contribution is 2.57. The molecular formula is C72H79N6+3. The van der Waals surface area contributed by atoms with Gasteiger partial charge < -0.3 is 0 Å². The van der Waals surface area contributed by atoms with Crippen LogP contribution in [0, 0.1) is 48.5 Å². The summed E-state index contributed by atoms with van der Waals surface area (Å²) in [4.78, 5) is 14.8. The van der Waals surface area contributed by atoms with Crippen LogP contribution in [-0.4, -0.2) is 15.0 Å². The molecule has 6 heteroatoms. The number of rotatable bonds is 4. The number of aryl methyl sites for hydroxylation is 10. The van der Waals surface area contributed by atoms with Gasteiger partial charge in [0.05, 0.1) is 17.1 Å². The molecule has 1 unspecified atom stereocenters. The lowest BCUT2D eigenvalue weighted by atomic mass is 9.78. The fraction of sp³-hybridized carbons (Fsp3) is 0.333. The summed E-state index contributed by atoms with van der Waals surface area (Å²) in [6.07, 6.45) is 10.8. The maximum Gasteiger partial charge on any atom is 0.212 e. The van der Waals surface area contributed by atoms with Crippen LogP contribution in [0.1, 0.15) is 157 Å². The number of hydrogen-bond donors (Lipinski definition) is 0. The average molecular weight is 1030 g/mol. The second-order valence-electron chi connectivity index (χ2n) is 24.2. The number of fused-ring (bicyclic) bond motifs is 11. The molecule has 6 aromatic heterocycles. The van der Waals surface area contributed by atoms with Crippen molar-refractivity contribution in [3.05, 3.63) is 213 Å². The molecule has 6 nitrogen and oxygen atoms in total.